The fraction of sp³-hybridized carbons (Fsp3) is 0.400. The zero-order valence-electron chi connectivity index (χ0n) is 18.2. The van der Waals surface area contributed by atoms with Crippen LogP contribution in [0.5, 0.6) is 0 Å². The molecule has 3 heterocycles. The first-order valence-corrected chi connectivity index (χ1v) is 11.3. The fourth-order valence-corrected chi connectivity index (χ4v) is 4.78. The minimum atomic E-state index is -2.67. The number of rotatable bonds is 5. The Bertz CT molecular complexity index is 1160. The number of alkyl halides is 2. The summed E-state index contributed by atoms with van der Waals surface area (Å²) in [5.74, 6) is -3.15. The van der Waals surface area contributed by atoms with Crippen LogP contribution in [0.3, 0.4) is 0 Å². The maximum Gasteiger partial charge on any atom is 0.251 e. The lowest BCUT2D eigenvalue weighted by Crippen LogP contribution is -2.48. The summed E-state index contributed by atoms with van der Waals surface area (Å²) in [7, 11) is 0. The predicted octanol–water partition coefficient (Wildman–Crippen LogP) is 4.02. The first-order chi connectivity index (χ1) is 15.9. The minimum absolute atomic E-state index is 0.127. The van der Waals surface area contributed by atoms with Crippen LogP contribution in [0, 0.1) is 5.92 Å². The highest BCUT2D eigenvalue weighted by Gasteiger charge is 2.49. The van der Waals surface area contributed by atoms with Gasteiger partial charge in [-0.25, -0.2) is 13.8 Å². The van der Waals surface area contributed by atoms with Crippen LogP contribution >= 0.6 is 0 Å². The Labute approximate surface area is 190 Å². The Balaban J connectivity index is 1.12. The van der Waals surface area contributed by atoms with Gasteiger partial charge in [0.2, 0.25) is 11.8 Å². The summed E-state index contributed by atoms with van der Waals surface area (Å²) in [5, 5.41) is 2.94. The van der Waals surface area contributed by atoms with Crippen LogP contribution in [-0.2, 0) is 11.3 Å². The maximum atomic E-state index is 13.1. The van der Waals surface area contributed by atoms with E-state index < -0.39 is 11.8 Å². The number of fused-ring (bicyclic) bond motifs is 1. The van der Waals surface area contributed by atoms with E-state index in [1.54, 1.807) is 11.1 Å². The SMILES string of the molecule is O=C(NCc1ccn2ccnc2c1)c1ccc(C2CCN(C(=O)C3CC(F)(F)C3)CC2)cc1. The van der Waals surface area contributed by atoms with E-state index in [1.807, 2.05) is 53.2 Å². The first kappa shape index (κ1) is 21.6. The number of amides is 2. The normalized spacial score (nSPS) is 18.8. The Hall–Kier alpha value is -3.29. The minimum Gasteiger partial charge on any atom is -0.348 e. The molecule has 0 atom stereocenters. The van der Waals surface area contributed by atoms with Crippen molar-refractivity contribution in [1.82, 2.24) is 19.6 Å². The van der Waals surface area contributed by atoms with E-state index in [1.165, 1.54) is 0 Å². The summed E-state index contributed by atoms with van der Waals surface area (Å²) in [6.45, 7) is 1.60. The molecular formula is C25H26F2N4O2. The monoisotopic (exact) mass is 452 g/mol. The molecule has 2 fully saturated rings. The molecule has 5 rings (SSSR count). The molecule has 1 aromatic carbocycles. The lowest BCUT2D eigenvalue weighted by atomic mass is 9.79. The van der Waals surface area contributed by atoms with Crippen molar-refractivity contribution in [2.24, 2.45) is 5.92 Å². The third kappa shape index (κ3) is 4.60. The second-order valence-electron chi connectivity index (χ2n) is 9.09. The summed E-state index contributed by atoms with van der Waals surface area (Å²) >= 11 is 0. The van der Waals surface area contributed by atoms with Gasteiger partial charge in [0.05, 0.1) is 0 Å². The highest BCUT2D eigenvalue weighted by molar-refractivity contribution is 5.94. The number of aromatic nitrogens is 2. The van der Waals surface area contributed by atoms with Crippen LogP contribution in [0.2, 0.25) is 0 Å². The molecular weight excluding hydrogens is 426 g/mol. The molecule has 8 heteroatoms. The summed E-state index contributed by atoms with van der Waals surface area (Å²) in [4.78, 5) is 30.9. The van der Waals surface area contributed by atoms with Crippen molar-refractivity contribution in [3.8, 4) is 0 Å². The molecule has 1 aliphatic carbocycles. The molecule has 0 radical (unpaired) electrons. The van der Waals surface area contributed by atoms with Gasteiger partial charge in [0.1, 0.15) is 5.65 Å². The molecule has 2 amide bonds. The van der Waals surface area contributed by atoms with E-state index in [4.69, 9.17) is 0 Å². The van der Waals surface area contributed by atoms with Crippen LogP contribution < -0.4 is 5.32 Å². The van der Waals surface area contributed by atoms with Gasteiger partial charge in [-0.1, -0.05) is 12.1 Å². The molecule has 1 saturated carbocycles. The average Bonchev–Trinajstić information content (AvgIpc) is 3.29. The van der Waals surface area contributed by atoms with Gasteiger partial charge in [0.15, 0.2) is 0 Å². The van der Waals surface area contributed by atoms with E-state index in [9.17, 15) is 18.4 Å². The molecule has 0 spiro atoms. The maximum absolute atomic E-state index is 13.1. The molecule has 1 N–H and O–H groups in total. The van der Waals surface area contributed by atoms with Crippen molar-refractivity contribution in [3.63, 3.8) is 0 Å². The summed E-state index contributed by atoms with van der Waals surface area (Å²) in [5.41, 5.74) is 3.55. The molecule has 3 aromatic rings. The second-order valence-corrected chi connectivity index (χ2v) is 9.09. The third-order valence-corrected chi connectivity index (χ3v) is 6.81. The van der Waals surface area contributed by atoms with Crippen molar-refractivity contribution in [3.05, 3.63) is 71.7 Å². The standard InChI is InChI=1S/C25H26F2N4O2/c26-25(27)14-21(15-25)24(33)31-10-6-19(7-11-31)18-1-3-20(4-2-18)23(32)29-16-17-5-9-30-12-8-28-22(30)13-17/h1-5,8-9,12-13,19,21H,6-7,10-11,14-16H2,(H,29,32). The predicted molar refractivity (Wildman–Crippen MR) is 119 cm³/mol. The average molecular weight is 453 g/mol. The van der Waals surface area contributed by atoms with Gasteiger partial charge in [-0.15, -0.1) is 0 Å². The number of nitrogens with one attached hydrogen (secondary N) is 1. The Kier molecular flexibility index (Phi) is 5.60. The number of likely N-dealkylation sites (tertiary alicyclic amines) is 1. The number of carbonyl (C=O) groups is 2. The molecule has 0 unspecified atom stereocenters. The van der Waals surface area contributed by atoms with Gasteiger partial charge in [0.25, 0.3) is 5.91 Å². The van der Waals surface area contributed by atoms with Crippen molar-refractivity contribution >= 4 is 17.5 Å². The van der Waals surface area contributed by atoms with Crippen molar-refractivity contribution < 1.29 is 18.4 Å². The number of benzene rings is 1. The Morgan fingerprint density at radius 3 is 2.48 bits per heavy atom. The van der Waals surface area contributed by atoms with Crippen LogP contribution in [0.4, 0.5) is 8.78 Å². The summed E-state index contributed by atoms with van der Waals surface area (Å²) in [6, 6.07) is 11.5. The number of imidazole rings is 1. The van der Waals surface area contributed by atoms with Crippen molar-refractivity contribution in [2.45, 2.75) is 44.1 Å². The van der Waals surface area contributed by atoms with Gasteiger partial charge >= 0.3 is 0 Å². The van der Waals surface area contributed by atoms with E-state index >= 15 is 0 Å². The zero-order valence-corrected chi connectivity index (χ0v) is 18.2. The lowest BCUT2D eigenvalue weighted by Gasteiger charge is -2.39. The molecule has 2 aromatic heterocycles. The number of nitrogens with zero attached hydrogens (tertiary/aromatic N) is 3. The molecule has 172 valence electrons. The van der Waals surface area contributed by atoms with Crippen LogP contribution in [0.1, 0.15) is 53.1 Å². The van der Waals surface area contributed by atoms with Gasteiger partial charge in [0, 0.05) is 62.5 Å². The Morgan fingerprint density at radius 1 is 1.06 bits per heavy atom. The molecule has 1 aliphatic heterocycles. The quantitative estimate of drug-likeness (QED) is 0.636. The number of carbonyl (C=O) groups excluding carboxylic acids is 2. The molecule has 6 nitrogen and oxygen atoms in total. The Morgan fingerprint density at radius 2 is 1.79 bits per heavy atom. The molecule has 33 heavy (non-hydrogen) atoms. The third-order valence-electron chi connectivity index (χ3n) is 6.81. The molecule has 1 saturated heterocycles. The van der Waals surface area contributed by atoms with Crippen LogP contribution in [0.15, 0.2) is 55.0 Å². The smallest absolute Gasteiger partial charge is 0.251 e. The van der Waals surface area contributed by atoms with Crippen molar-refractivity contribution in [1.29, 1.82) is 0 Å². The molecule has 2 aliphatic rings. The van der Waals surface area contributed by atoms with Crippen LogP contribution in [0.25, 0.3) is 5.65 Å². The van der Waals surface area contributed by atoms with Gasteiger partial charge < -0.3 is 14.6 Å². The fourth-order valence-electron chi connectivity index (χ4n) is 4.78. The van der Waals surface area contributed by atoms with E-state index in [-0.39, 0.29) is 24.7 Å². The van der Waals surface area contributed by atoms with Gasteiger partial charge in [-0.3, -0.25) is 9.59 Å². The lowest BCUT2D eigenvalue weighted by molar-refractivity contribution is -0.160. The number of pyridine rings is 1. The van der Waals surface area contributed by atoms with E-state index in [2.05, 4.69) is 10.3 Å². The number of halogens is 2. The summed E-state index contributed by atoms with van der Waals surface area (Å²) in [6.07, 6.45) is 6.50. The van der Waals surface area contributed by atoms with E-state index in [0.717, 1.165) is 29.6 Å². The number of piperidine rings is 1. The van der Waals surface area contributed by atoms with Gasteiger partial charge in [-0.05, 0) is 54.2 Å². The highest BCUT2D eigenvalue weighted by Crippen LogP contribution is 2.43. The topological polar surface area (TPSA) is 66.7 Å². The number of hydrogen-bond donors (Lipinski definition) is 1. The van der Waals surface area contributed by atoms with Crippen LogP contribution in [-0.4, -0.2) is 45.1 Å². The molecule has 0 bridgehead atoms. The van der Waals surface area contributed by atoms with Crippen molar-refractivity contribution in [2.75, 3.05) is 13.1 Å². The highest BCUT2D eigenvalue weighted by atomic mass is 19.3. The number of hydrogen-bond acceptors (Lipinski definition) is 3. The second kappa shape index (κ2) is 8.57. The van der Waals surface area contributed by atoms with Gasteiger partial charge in [-0.2, -0.15) is 0 Å². The van der Waals surface area contributed by atoms with E-state index in [0.29, 0.717) is 31.1 Å². The first-order valence-electron chi connectivity index (χ1n) is 11.3. The largest absolute Gasteiger partial charge is 0.348 e. The summed E-state index contributed by atoms with van der Waals surface area (Å²) < 4.78 is 28.0. The zero-order chi connectivity index (χ0) is 23.0.